The van der Waals surface area contributed by atoms with E-state index in [1.807, 2.05) is 13.1 Å². The summed E-state index contributed by atoms with van der Waals surface area (Å²) in [6, 6.07) is 8.63. The van der Waals surface area contributed by atoms with E-state index in [9.17, 15) is 8.42 Å². The molecular formula is C14H19N3O2S. The van der Waals surface area contributed by atoms with Crippen LogP contribution >= 0.6 is 0 Å². The van der Waals surface area contributed by atoms with Gasteiger partial charge in [-0.2, -0.15) is 5.26 Å². The lowest BCUT2D eigenvalue weighted by molar-refractivity contribution is 0.349. The molecule has 0 aromatic heterocycles. The Hall–Kier alpha value is -1.42. The first kappa shape index (κ1) is 15.0. The molecule has 1 aromatic carbocycles. The second kappa shape index (κ2) is 6.35. The fourth-order valence-electron chi connectivity index (χ4n) is 2.40. The Labute approximate surface area is 120 Å². The smallest absolute Gasteiger partial charge is 0.179 e. The fourth-order valence-corrected chi connectivity index (χ4v) is 3.72. The molecule has 5 nitrogen and oxygen atoms in total. The number of likely N-dealkylation sites (N-methyl/N-ethyl adjacent to an activating group) is 1. The zero-order valence-corrected chi connectivity index (χ0v) is 12.4. The molecule has 0 aliphatic carbocycles. The quantitative estimate of drug-likeness (QED) is 0.862. The second-order valence-corrected chi connectivity index (χ2v) is 7.14. The number of nitriles is 1. The minimum absolute atomic E-state index is 0.0956. The molecule has 0 spiro atoms. The Morgan fingerprint density at radius 2 is 2.30 bits per heavy atom. The molecule has 6 heteroatoms. The lowest BCUT2D eigenvalue weighted by Crippen LogP contribution is -2.32. The molecular weight excluding hydrogens is 274 g/mol. The van der Waals surface area contributed by atoms with E-state index in [2.05, 4.69) is 10.2 Å². The third-order valence-electron chi connectivity index (χ3n) is 3.68. The van der Waals surface area contributed by atoms with Crippen LogP contribution in [0.15, 0.2) is 29.2 Å². The Morgan fingerprint density at radius 3 is 2.95 bits per heavy atom. The first-order valence-electron chi connectivity index (χ1n) is 6.67. The van der Waals surface area contributed by atoms with E-state index in [1.54, 1.807) is 18.2 Å². The van der Waals surface area contributed by atoms with Gasteiger partial charge in [0.25, 0.3) is 0 Å². The van der Waals surface area contributed by atoms with Crippen molar-refractivity contribution < 1.29 is 8.42 Å². The number of nitrogens with one attached hydrogen (secondary N) is 1. The van der Waals surface area contributed by atoms with Gasteiger partial charge in [-0.1, -0.05) is 6.07 Å². The number of benzene rings is 1. The zero-order valence-electron chi connectivity index (χ0n) is 11.5. The van der Waals surface area contributed by atoms with E-state index in [1.165, 1.54) is 6.07 Å². The average Bonchev–Trinajstić information content (AvgIpc) is 2.93. The van der Waals surface area contributed by atoms with Crippen molar-refractivity contribution in [3.05, 3.63) is 29.8 Å². The van der Waals surface area contributed by atoms with Crippen LogP contribution in [-0.4, -0.2) is 51.8 Å². The normalized spacial score (nSPS) is 19.9. The Bertz CT molecular complexity index is 607. The van der Waals surface area contributed by atoms with Crippen LogP contribution in [0, 0.1) is 11.3 Å². The second-order valence-electron chi connectivity index (χ2n) is 5.03. The summed E-state index contributed by atoms with van der Waals surface area (Å²) in [4.78, 5) is 2.40. The van der Waals surface area contributed by atoms with Crippen LogP contribution in [0.5, 0.6) is 0 Å². The molecule has 1 saturated heterocycles. The molecule has 0 bridgehead atoms. The van der Waals surface area contributed by atoms with Crippen LogP contribution in [0.25, 0.3) is 0 Å². The maximum absolute atomic E-state index is 12.3. The molecule has 1 heterocycles. The lowest BCUT2D eigenvalue weighted by atomic mass is 10.2. The van der Waals surface area contributed by atoms with Gasteiger partial charge in [-0.15, -0.1) is 0 Å². The van der Waals surface area contributed by atoms with Crippen LogP contribution < -0.4 is 5.32 Å². The van der Waals surface area contributed by atoms with Gasteiger partial charge in [-0.05, 0) is 38.2 Å². The van der Waals surface area contributed by atoms with Gasteiger partial charge in [0, 0.05) is 19.1 Å². The fraction of sp³-hybridized carbons (Fsp3) is 0.500. The lowest BCUT2D eigenvalue weighted by Gasteiger charge is -2.15. The highest BCUT2D eigenvalue weighted by Crippen LogP contribution is 2.15. The molecule has 1 aromatic rings. The predicted octanol–water partition coefficient (Wildman–Crippen LogP) is 0.626. The van der Waals surface area contributed by atoms with Crippen LogP contribution in [0.4, 0.5) is 0 Å². The minimum atomic E-state index is -3.32. The number of hydrogen-bond acceptors (Lipinski definition) is 5. The van der Waals surface area contributed by atoms with Crippen LogP contribution in [0.1, 0.15) is 12.0 Å². The van der Waals surface area contributed by atoms with Crippen molar-refractivity contribution in [1.82, 2.24) is 10.2 Å². The van der Waals surface area contributed by atoms with Gasteiger partial charge in [0.2, 0.25) is 0 Å². The standard InChI is InChI=1S/C14H19N3O2S/c1-16-13-5-6-17(11-13)7-8-20(18,19)14-4-2-3-12(9-14)10-15/h2-4,9,13,16H,5-8,11H2,1H3. The first-order chi connectivity index (χ1) is 9.55. The molecule has 0 radical (unpaired) electrons. The van der Waals surface area contributed by atoms with Crippen LogP contribution in [0.3, 0.4) is 0 Å². The van der Waals surface area contributed by atoms with Gasteiger partial charge in [0.1, 0.15) is 0 Å². The highest BCUT2D eigenvalue weighted by Gasteiger charge is 2.23. The van der Waals surface area contributed by atoms with Gasteiger partial charge >= 0.3 is 0 Å². The molecule has 1 atom stereocenters. The van der Waals surface area contributed by atoms with Gasteiger partial charge in [-0.25, -0.2) is 8.42 Å². The van der Waals surface area contributed by atoms with E-state index in [0.717, 1.165) is 19.5 Å². The van der Waals surface area contributed by atoms with E-state index < -0.39 is 9.84 Å². The molecule has 108 valence electrons. The summed E-state index contributed by atoms with van der Waals surface area (Å²) in [6.45, 7) is 2.36. The first-order valence-corrected chi connectivity index (χ1v) is 8.33. The number of hydrogen-bond donors (Lipinski definition) is 1. The maximum atomic E-state index is 12.3. The summed E-state index contributed by atoms with van der Waals surface area (Å²) >= 11 is 0. The van der Waals surface area contributed by atoms with E-state index in [-0.39, 0.29) is 10.6 Å². The van der Waals surface area contributed by atoms with Gasteiger partial charge in [0.15, 0.2) is 9.84 Å². The minimum Gasteiger partial charge on any atom is -0.316 e. The average molecular weight is 293 g/mol. The largest absolute Gasteiger partial charge is 0.316 e. The number of likely N-dealkylation sites (tertiary alicyclic amines) is 1. The molecule has 1 aliphatic heterocycles. The molecule has 1 N–H and O–H groups in total. The van der Waals surface area contributed by atoms with Crippen LogP contribution in [0.2, 0.25) is 0 Å². The third-order valence-corrected chi connectivity index (χ3v) is 5.37. The Kier molecular flexibility index (Phi) is 4.76. The molecule has 20 heavy (non-hydrogen) atoms. The maximum Gasteiger partial charge on any atom is 0.179 e. The van der Waals surface area contributed by atoms with Gasteiger partial charge in [-0.3, -0.25) is 0 Å². The van der Waals surface area contributed by atoms with Crippen molar-refractivity contribution in [2.75, 3.05) is 32.4 Å². The Balaban J connectivity index is 1.99. The van der Waals surface area contributed by atoms with E-state index in [4.69, 9.17) is 5.26 Å². The van der Waals surface area contributed by atoms with Crippen molar-refractivity contribution >= 4 is 9.84 Å². The summed E-state index contributed by atoms with van der Waals surface area (Å²) in [7, 11) is -1.39. The SMILES string of the molecule is CNC1CCN(CCS(=O)(=O)c2cccc(C#N)c2)C1. The molecule has 1 unspecified atom stereocenters. The van der Waals surface area contributed by atoms with Crippen LogP contribution in [-0.2, 0) is 9.84 Å². The third kappa shape index (κ3) is 3.57. The van der Waals surface area contributed by atoms with E-state index in [0.29, 0.717) is 18.2 Å². The van der Waals surface area contributed by atoms with Crippen molar-refractivity contribution in [3.63, 3.8) is 0 Å². The molecule has 1 fully saturated rings. The summed E-state index contributed by atoms with van der Waals surface area (Å²) in [6.07, 6.45) is 1.06. The number of rotatable bonds is 5. The topological polar surface area (TPSA) is 73.2 Å². The molecule has 0 amide bonds. The monoisotopic (exact) mass is 293 g/mol. The molecule has 2 rings (SSSR count). The highest BCUT2D eigenvalue weighted by molar-refractivity contribution is 7.91. The summed E-state index contributed by atoms with van der Waals surface area (Å²) in [5.41, 5.74) is 0.377. The molecule has 0 saturated carbocycles. The van der Waals surface area contributed by atoms with Gasteiger partial charge < -0.3 is 10.2 Å². The van der Waals surface area contributed by atoms with Crippen molar-refractivity contribution in [2.45, 2.75) is 17.4 Å². The predicted molar refractivity (Wildman–Crippen MR) is 77.1 cm³/mol. The van der Waals surface area contributed by atoms with E-state index >= 15 is 0 Å². The number of nitrogens with zero attached hydrogens (tertiary/aromatic N) is 2. The van der Waals surface area contributed by atoms with Crippen molar-refractivity contribution in [2.24, 2.45) is 0 Å². The Morgan fingerprint density at radius 1 is 1.50 bits per heavy atom. The highest BCUT2D eigenvalue weighted by atomic mass is 32.2. The van der Waals surface area contributed by atoms with Crippen molar-refractivity contribution in [1.29, 1.82) is 5.26 Å². The van der Waals surface area contributed by atoms with Gasteiger partial charge in [0.05, 0.1) is 22.3 Å². The van der Waals surface area contributed by atoms with Crippen molar-refractivity contribution in [3.8, 4) is 6.07 Å². The zero-order chi connectivity index (χ0) is 14.6. The number of sulfone groups is 1. The summed E-state index contributed by atoms with van der Waals surface area (Å²) < 4.78 is 24.5. The summed E-state index contributed by atoms with van der Waals surface area (Å²) in [5, 5.41) is 12.0. The molecule has 1 aliphatic rings. The summed E-state index contributed by atoms with van der Waals surface area (Å²) in [5.74, 6) is 0.0956.